The Morgan fingerprint density at radius 2 is 1.82 bits per heavy atom. The van der Waals surface area contributed by atoms with Gasteiger partial charge in [-0.25, -0.2) is 9.69 Å². The fraction of sp³-hybridized carbons (Fsp3) is 0.111. The minimum atomic E-state index is -1.00. The molecule has 1 aliphatic heterocycles. The van der Waals surface area contributed by atoms with Gasteiger partial charge in [-0.1, -0.05) is 12.1 Å². The molecule has 1 aliphatic rings. The van der Waals surface area contributed by atoms with Crippen molar-refractivity contribution in [3.8, 4) is 11.5 Å². The average Bonchev–Trinajstić information content (AvgIpc) is 2.90. The summed E-state index contributed by atoms with van der Waals surface area (Å²) in [5, 5.41) is 15.7. The molecule has 1 saturated heterocycles. The maximum Gasteiger partial charge on any atom is 0.335 e. The molecule has 4 rings (SSSR count). The molecule has 0 atom stereocenters. The number of hydrogen-bond acceptors (Lipinski definition) is 8. The van der Waals surface area contributed by atoms with Crippen molar-refractivity contribution < 1.29 is 33.6 Å². The smallest absolute Gasteiger partial charge is 0.335 e. The van der Waals surface area contributed by atoms with E-state index in [1.54, 1.807) is 24.3 Å². The van der Waals surface area contributed by atoms with Gasteiger partial charge in [-0.15, -0.1) is 0 Å². The Hall–Kier alpha value is -5.52. The number of benzene rings is 3. The number of imide groups is 2. The molecule has 3 aromatic carbocycles. The summed E-state index contributed by atoms with van der Waals surface area (Å²) in [5.74, 6) is -1.80. The highest BCUT2D eigenvalue weighted by atomic mass is 16.6. The van der Waals surface area contributed by atoms with Crippen LogP contribution in [0, 0.1) is 17.0 Å². The lowest BCUT2D eigenvalue weighted by Gasteiger charge is -2.26. The Bertz CT molecular complexity index is 1510. The second-order valence-electron chi connectivity index (χ2n) is 8.34. The molecule has 12 nitrogen and oxygen atoms in total. The van der Waals surface area contributed by atoms with E-state index in [-0.39, 0.29) is 29.3 Å². The number of methoxy groups -OCH3 is 1. The van der Waals surface area contributed by atoms with Gasteiger partial charge in [0.25, 0.3) is 23.4 Å². The number of non-ortho nitro benzene ring substituents is 1. The zero-order valence-corrected chi connectivity index (χ0v) is 20.8. The lowest BCUT2D eigenvalue weighted by atomic mass is 10.1. The average molecular weight is 530 g/mol. The zero-order chi connectivity index (χ0) is 28.1. The van der Waals surface area contributed by atoms with Crippen LogP contribution in [0.3, 0.4) is 0 Å². The van der Waals surface area contributed by atoms with Crippen molar-refractivity contribution in [2.24, 2.45) is 0 Å². The van der Waals surface area contributed by atoms with Gasteiger partial charge >= 0.3 is 6.03 Å². The Morgan fingerprint density at radius 3 is 2.49 bits per heavy atom. The summed E-state index contributed by atoms with van der Waals surface area (Å²) < 4.78 is 10.9. The molecule has 5 amide bonds. The van der Waals surface area contributed by atoms with Crippen LogP contribution in [-0.2, 0) is 14.4 Å². The Balaban J connectivity index is 1.60. The molecule has 39 heavy (non-hydrogen) atoms. The number of carbonyl (C=O) groups excluding carboxylic acids is 4. The lowest BCUT2D eigenvalue weighted by molar-refractivity contribution is -0.384. The first-order valence-electron chi connectivity index (χ1n) is 11.5. The molecule has 0 saturated carbocycles. The predicted octanol–water partition coefficient (Wildman–Crippen LogP) is 3.60. The van der Waals surface area contributed by atoms with Crippen LogP contribution < -0.4 is 25.0 Å². The van der Waals surface area contributed by atoms with E-state index >= 15 is 0 Å². The van der Waals surface area contributed by atoms with Crippen molar-refractivity contribution in [3.05, 3.63) is 93.5 Å². The van der Waals surface area contributed by atoms with Crippen LogP contribution in [0.25, 0.3) is 6.08 Å². The van der Waals surface area contributed by atoms with E-state index in [2.05, 4.69) is 10.6 Å². The lowest BCUT2D eigenvalue weighted by Crippen LogP contribution is -2.54. The molecule has 1 heterocycles. The van der Waals surface area contributed by atoms with E-state index in [1.807, 2.05) is 13.0 Å². The molecule has 198 valence electrons. The Morgan fingerprint density at radius 1 is 1.08 bits per heavy atom. The highest BCUT2D eigenvalue weighted by Crippen LogP contribution is 2.29. The minimum Gasteiger partial charge on any atom is -0.497 e. The molecule has 0 aliphatic carbocycles. The molecule has 2 N–H and O–H groups in total. The van der Waals surface area contributed by atoms with Crippen LogP contribution in [0.5, 0.6) is 11.5 Å². The predicted molar refractivity (Wildman–Crippen MR) is 140 cm³/mol. The number of hydrogen-bond donors (Lipinski definition) is 2. The topological polar surface area (TPSA) is 157 Å². The molecule has 0 radical (unpaired) electrons. The Labute approximate surface area is 222 Å². The van der Waals surface area contributed by atoms with Gasteiger partial charge in [0.15, 0.2) is 6.61 Å². The van der Waals surface area contributed by atoms with Crippen LogP contribution in [-0.4, -0.2) is 42.4 Å². The number of rotatable bonds is 8. The van der Waals surface area contributed by atoms with Crippen LogP contribution in [0.4, 0.5) is 21.9 Å². The van der Waals surface area contributed by atoms with Crippen molar-refractivity contribution >= 4 is 46.9 Å². The van der Waals surface area contributed by atoms with Gasteiger partial charge in [-0.3, -0.25) is 29.8 Å². The van der Waals surface area contributed by atoms with Crippen LogP contribution in [0.1, 0.15) is 11.1 Å². The first-order valence-corrected chi connectivity index (χ1v) is 11.5. The second-order valence-corrected chi connectivity index (χ2v) is 8.34. The highest BCUT2D eigenvalue weighted by molar-refractivity contribution is 6.39. The number of aryl methyl sites for hydroxylation is 1. The number of ether oxygens (including phenoxy) is 2. The summed E-state index contributed by atoms with van der Waals surface area (Å²) in [5.41, 5.74) is 1.22. The quantitative estimate of drug-likeness (QED) is 0.194. The fourth-order valence-electron chi connectivity index (χ4n) is 3.72. The molecule has 12 heteroatoms. The highest BCUT2D eigenvalue weighted by Gasteiger charge is 2.37. The number of carbonyl (C=O) groups is 4. The first-order chi connectivity index (χ1) is 18.7. The number of barbiturate groups is 1. The second kappa shape index (κ2) is 11.3. The number of nitrogens with one attached hydrogen (secondary N) is 2. The molecule has 1 fully saturated rings. The fourth-order valence-corrected chi connectivity index (χ4v) is 3.72. The molecule has 0 spiro atoms. The molecule has 0 bridgehead atoms. The zero-order valence-electron chi connectivity index (χ0n) is 20.8. The minimum absolute atomic E-state index is 0.0283. The van der Waals surface area contributed by atoms with E-state index in [0.29, 0.717) is 16.3 Å². The number of amides is 5. The van der Waals surface area contributed by atoms with Gasteiger partial charge in [0.1, 0.15) is 17.1 Å². The van der Waals surface area contributed by atoms with Gasteiger partial charge in [0.05, 0.1) is 17.7 Å². The normalized spacial score (nSPS) is 14.2. The molecule has 3 aromatic rings. The summed E-state index contributed by atoms with van der Waals surface area (Å²) in [6, 6.07) is 15.5. The van der Waals surface area contributed by atoms with Gasteiger partial charge in [0, 0.05) is 29.4 Å². The third kappa shape index (κ3) is 6.07. The number of nitrogens with zero attached hydrogens (tertiary/aromatic N) is 2. The van der Waals surface area contributed by atoms with Gasteiger partial charge in [-0.2, -0.15) is 0 Å². The summed E-state index contributed by atoms with van der Waals surface area (Å²) in [7, 11) is 1.44. The van der Waals surface area contributed by atoms with E-state index in [4.69, 9.17) is 9.47 Å². The van der Waals surface area contributed by atoms with Crippen LogP contribution in [0.2, 0.25) is 0 Å². The SMILES string of the molecule is COc1ccc(/C=C2\C(=O)NC(=O)N(c3ccc([N+](=O)[O-])cc3)C2=O)c(OCC(=O)Nc2cccc(C)c2)c1. The summed E-state index contributed by atoms with van der Waals surface area (Å²) in [6.07, 6.45) is 1.22. The number of nitro groups is 1. The maximum absolute atomic E-state index is 13.2. The number of urea groups is 1. The molecule has 0 unspecified atom stereocenters. The summed E-state index contributed by atoms with van der Waals surface area (Å²) in [4.78, 5) is 61.8. The van der Waals surface area contributed by atoms with E-state index in [1.165, 1.54) is 37.5 Å². The third-order valence-corrected chi connectivity index (χ3v) is 5.60. The Kier molecular flexibility index (Phi) is 7.66. The van der Waals surface area contributed by atoms with Crippen LogP contribution >= 0.6 is 0 Å². The van der Waals surface area contributed by atoms with Crippen molar-refractivity contribution in [2.75, 3.05) is 23.9 Å². The monoisotopic (exact) mass is 530 g/mol. The molecule has 0 aromatic heterocycles. The third-order valence-electron chi connectivity index (χ3n) is 5.60. The van der Waals surface area contributed by atoms with Gasteiger partial charge < -0.3 is 14.8 Å². The van der Waals surface area contributed by atoms with E-state index in [9.17, 15) is 29.3 Å². The van der Waals surface area contributed by atoms with Crippen molar-refractivity contribution in [2.45, 2.75) is 6.92 Å². The number of nitro benzene ring substituents is 1. The van der Waals surface area contributed by atoms with E-state index < -0.39 is 34.2 Å². The van der Waals surface area contributed by atoms with Gasteiger partial charge in [-0.05, 0) is 55.0 Å². The van der Waals surface area contributed by atoms with E-state index in [0.717, 1.165) is 17.7 Å². The molecular weight excluding hydrogens is 508 g/mol. The number of anilines is 2. The maximum atomic E-state index is 13.2. The summed E-state index contributed by atoms with van der Waals surface area (Å²) in [6.45, 7) is 1.51. The van der Waals surface area contributed by atoms with Crippen molar-refractivity contribution in [1.82, 2.24) is 5.32 Å². The largest absolute Gasteiger partial charge is 0.497 e. The summed E-state index contributed by atoms with van der Waals surface area (Å²) >= 11 is 0. The molecular formula is C27H22N4O8. The van der Waals surface area contributed by atoms with Crippen LogP contribution in [0.15, 0.2) is 72.3 Å². The first kappa shape index (κ1) is 26.5. The van der Waals surface area contributed by atoms with Gasteiger partial charge in [0.2, 0.25) is 0 Å². The standard InChI is InChI=1S/C27H22N4O8/c1-16-4-3-5-18(12-16)28-24(32)15-39-23-14-21(38-2)11-6-17(23)13-22-25(33)29-27(35)30(26(22)34)19-7-9-20(10-8-19)31(36)37/h3-14H,15H2,1-2H3,(H,28,32)(H,29,33,35)/b22-13+. The van der Waals surface area contributed by atoms with Crippen molar-refractivity contribution in [3.63, 3.8) is 0 Å². The van der Waals surface area contributed by atoms with Crippen molar-refractivity contribution in [1.29, 1.82) is 0 Å².